The molecule has 0 amide bonds. The summed E-state index contributed by atoms with van der Waals surface area (Å²) in [4.78, 5) is 4.83. The van der Waals surface area contributed by atoms with Crippen molar-refractivity contribution in [2.24, 2.45) is 5.84 Å². The van der Waals surface area contributed by atoms with Gasteiger partial charge in [-0.25, -0.2) is 10.8 Å². The molecule has 1 saturated heterocycles. The SMILES string of the molecule is C/C(=C\N(C)N)c1cnn2c(N)cc(C3CCCNC3)nc12. The van der Waals surface area contributed by atoms with Gasteiger partial charge in [-0.3, -0.25) is 0 Å². The molecule has 3 heterocycles. The highest BCUT2D eigenvalue weighted by Crippen LogP contribution is 2.26. The van der Waals surface area contributed by atoms with Crippen LogP contribution in [0.3, 0.4) is 0 Å². The fourth-order valence-electron chi connectivity index (χ4n) is 2.97. The van der Waals surface area contributed by atoms with Crippen molar-refractivity contribution >= 4 is 17.0 Å². The Morgan fingerprint density at radius 3 is 3.05 bits per heavy atom. The van der Waals surface area contributed by atoms with Gasteiger partial charge in [0.15, 0.2) is 5.65 Å². The summed E-state index contributed by atoms with van der Waals surface area (Å²) in [5.41, 5.74) is 9.95. The van der Waals surface area contributed by atoms with Crippen LogP contribution in [0.1, 0.15) is 36.9 Å². The highest BCUT2D eigenvalue weighted by atomic mass is 15.4. The van der Waals surface area contributed by atoms with Gasteiger partial charge in [-0.05, 0) is 31.9 Å². The standard InChI is InChI=1S/C15H23N7/c1-10(9-21(2)17)12-8-19-22-14(16)6-13(20-15(12)22)11-4-3-5-18-7-11/h6,8-9,11,18H,3-5,7,16-17H2,1-2H3/b10-9+. The van der Waals surface area contributed by atoms with Gasteiger partial charge in [0.25, 0.3) is 0 Å². The lowest BCUT2D eigenvalue weighted by Gasteiger charge is -2.22. The number of aromatic nitrogens is 3. The van der Waals surface area contributed by atoms with E-state index in [1.807, 2.05) is 19.2 Å². The molecular weight excluding hydrogens is 278 g/mol. The Labute approximate surface area is 130 Å². The Morgan fingerprint density at radius 1 is 1.55 bits per heavy atom. The Morgan fingerprint density at radius 2 is 2.36 bits per heavy atom. The maximum atomic E-state index is 6.16. The molecule has 22 heavy (non-hydrogen) atoms. The average molecular weight is 301 g/mol. The topological polar surface area (TPSA) is 97.5 Å². The van der Waals surface area contributed by atoms with E-state index in [0.717, 1.165) is 42.0 Å². The van der Waals surface area contributed by atoms with Crippen LogP contribution in [-0.2, 0) is 0 Å². The molecule has 0 spiro atoms. The molecule has 7 heteroatoms. The van der Waals surface area contributed by atoms with Crippen LogP contribution in [0, 0.1) is 0 Å². The van der Waals surface area contributed by atoms with Crippen molar-refractivity contribution in [2.75, 3.05) is 25.9 Å². The van der Waals surface area contributed by atoms with Gasteiger partial charge in [0.1, 0.15) is 5.82 Å². The molecule has 1 fully saturated rings. The third-order valence-corrected chi connectivity index (χ3v) is 4.06. The van der Waals surface area contributed by atoms with Crippen molar-refractivity contribution in [3.8, 4) is 0 Å². The molecule has 7 nitrogen and oxygen atoms in total. The Hall–Kier alpha value is -2.12. The number of nitrogen functional groups attached to an aromatic ring is 1. The van der Waals surface area contributed by atoms with Crippen molar-refractivity contribution in [1.29, 1.82) is 0 Å². The van der Waals surface area contributed by atoms with Gasteiger partial charge < -0.3 is 16.1 Å². The van der Waals surface area contributed by atoms with E-state index in [1.165, 1.54) is 11.4 Å². The van der Waals surface area contributed by atoms with Crippen LogP contribution >= 0.6 is 0 Å². The second-order valence-electron chi connectivity index (χ2n) is 5.92. The highest BCUT2D eigenvalue weighted by Gasteiger charge is 2.19. The summed E-state index contributed by atoms with van der Waals surface area (Å²) >= 11 is 0. The lowest BCUT2D eigenvalue weighted by molar-refractivity contribution is 0.455. The maximum absolute atomic E-state index is 6.16. The van der Waals surface area contributed by atoms with E-state index >= 15 is 0 Å². The molecule has 0 radical (unpaired) electrons. The minimum Gasteiger partial charge on any atom is -0.384 e. The van der Waals surface area contributed by atoms with Gasteiger partial charge in [0.2, 0.25) is 0 Å². The van der Waals surface area contributed by atoms with Crippen LogP contribution in [0.2, 0.25) is 0 Å². The Bertz CT molecular complexity index is 695. The van der Waals surface area contributed by atoms with E-state index in [1.54, 1.807) is 17.8 Å². The van der Waals surface area contributed by atoms with Gasteiger partial charge >= 0.3 is 0 Å². The molecule has 0 aromatic carbocycles. The van der Waals surface area contributed by atoms with Crippen LogP contribution in [0.4, 0.5) is 5.82 Å². The number of hydrogen-bond donors (Lipinski definition) is 3. The van der Waals surface area contributed by atoms with Gasteiger partial charge in [-0.15, -0.1) is 0 Å². The average Bonchev–Trinajstić information content (AvgIpc) is 2.92. The summed E-state index contributed by atoms with van der Waals surface area (Å²) in [6.07, 6.45) is 5.94. The van der Waals surface area contributed by atoms with Crippen molar-refractivity contribution in [3.63, 3.8) is 0 Å². The zero-order valence-corrected chi connectivity index (χ0v) is 13.1. The number of rotatable bonds is 3. The summed E-state index contributed by atoms with van der Waals surface area (Å²) < 4.78 is 1.68. The van der Waals surface area contributed by atoms with Gasteiger partial charge in [0.05, 0.1) is 11.9 Å². The van der Waals surface area contributed by atoms with Crippen molar-refractivity contribution in [3.05, 3.63) is 29.7 Å². The monoisotopic (exact) mass is 301 g/mol. The largest absolute Gasteiger partial charge is 0.384 e. The number of nitrogens with one attached hydrogen (secondary N) is 1. The molecule has 1 aliphatic heterocycles. The Balaban J connectivity index is 2.06. The number of hydrogen-bond acceptors (Lipinski definition) is 6. The Kier molecular flexibility index (Phi) is 4.00. The van der Waals surface area contributed by atoms with E-state index in [-0.39, 0.29) is 0 Å². The van der Waals surface area contributed by atoms with Crippen molar-refractivity contribution < 1.29 is 0 Å². The summed E-state index contributed by atoms with van der Waals surface area (Å²) in [5.74, 6) is 6.72. The zero-order valence-electron chi connectivity index (χ0n) is 13.1. The molecule has 118 valence electrons. The number of nitrogens with zero attached hydrogens (tertiary/aromatic N) is 4. The number of hydrazine groups is 1. The van der Waals surface area contributed by atoms with Crippen LogP contribution < -0.4 is 16.9 Å². The smallest absolute Gasteiger partial charge is 0.165 e. The molecule has 2 aromatic rings. The van der Waals surface area contributed by atoms with Gasteiger partial charge in [-0.2, -0.15) is 9.61 Å². The second kappa shape index (κ2) is 5.94. The van der Waals surface area contributed by atoms with E-state index < -0.39 is 0 Å². The lowest BCUT2D eigenvalue weighted by atomic mass is 9.96. The minimum absolute atomic E-state index is 0.408. The first-order chi connectivity index (χ1) is 10.6. The van der Waals surface area contributed by atoms with Crippen LogP contribution in [0.25, 0.3) is 11.2 Å². The van der Waals surface area contributed by atoms with E-state index in [9.17, 15) is 0 Å². The number of allylic oxidation sites excluding steroid dienone is 1. The zero-order chi connectivity index (χ0) is 15.7. The van der Waals surface area contributed by atoms with E-state index in [4.69, 9.17) is 16.6 Å². The third kappa shape index (κ3) is 2.77. The summed E-state index contributed by atoms with van der Waals surface area (Å²) in [6, 6.07) is 1.94. The first kappa shape index (κ1) is 14.8. The van der Waals surface area contributed by atoms with Crippen molar-refractivity contribution in [1.82, 2.24) is 24.9 Å². The predicted molar refractivity (Wildman–Crippen MR) is 87.8 cm³/mol. The number of nitrogens with two attached hydrogens (primary N) is 2. The fraction of sp³-hybridized carbons (Fsp3) is 0.467. The molecule has 5 N–H and O–H groups in total. The molecule has 0 aliphatic carbocycles. The summed E-state index contributed by atoms with van der Waals surface area (Å²) in [7, 11) is 1.79. The fourth-order valence-corrected chi connectivity index (χ4v) is 2.97. The van der Waals surface area contributed by atoms with Crippen molar-refractivity contribution in [2.45, 2.75) is 25.7 Å². The minimum atomic E-state index is 0.408. The first-order valence-electron chi connectivity index (χ1n) is 7.57. The van der Waals surface area contributed by atoms with Crippen LogP contribution in [0.5, 0.6) is 0 Å². The van der Waals surface area contributed by atoms with Crippen LogP contribution in [0.15, 0.2) is 18.5 Å². The number of fused-ring (bicyclic) bond motifs is 1. The molecule has 1 unspecified atom stereocenters. The third-order valence-electron chi connectivity index (χ3n) is 4.06. The van der Waals surface area contributed by atoms with Crippen LogP contribution in [-0.4, -0.2) is 39.7 Å². The summed E-state index contributed by atoms with van der Waals surface area (Å²) in [6.45, 7) is 4.02. The van der Waals surface area contributed by atoms with Gasteiger partial charge in [-0.1, -0.05) is 0 Å². The summed E-state index contributed by atoms with van der Waals surface area (Å²) in [5, 5.41) is 9.29. The molecule has 0 bridgehead atoms. The highest BCUT2D eigenvalue weighted by molar-refractivity contribution is 5.75. The van der Waals surface area contributed by atoms with E-state index in [2.05, 4.69) is 10.4 Å². The normalized spacial score (nSPS) is 19.6. The second-order valence-corrected chi connectivity index (χ2v) is 5.92. The number of piperidine rings is 1. The van der Waals surface area contributed by atoms with E-state index in [0.29, 0.717) is 11.7 Å². The maximum Gasteiger partial charge on any atom is 0.165 e. The first-order valence-corrected chi connectivity index (χ1v) is 7.57. The lowest BCUT2D eigenvalue weighted by Crippen LogP contribution is -2.29. The molecule has 2 aromatic heterocycles. The van der Waals surface area contributed by atoms with Gasteiger partial charge in [0, 0.05) is 37.3 Å². The number of anilines is 1. The quantitative estimate of drug-likeness (QED) is 0.577. The molecule has 0 saturated carbocycles. The predicted octanol–water partition coefficient (Wildman–Crippen LogP) is 0.945. The molecule has 1 atom stereocenters. The molecule has 1 aliphatic rings. The molecule has 3 rings (SSSR count). The molecular formula is C15H23N7.